The molecule has 0 unspecified atom stereocenters. The van der Waals surface area contributed by atoms with E-state index in [0.29, 0.717) is 10.6 Å². The highest BCUT2D eigenvalue weighted by atomic mass is 32.1. The number of rotatable bonds is 1. The van der Waals surface area contributed by atoms with Gasteiger partial charge in [0.25, 0.3) is 5.91 Å². The minimum Gasteiger partial charge on any atom is -0.398 e. The third-order valence-electron chi connectivity index (χ3n) is 2.04. The van der Waals surface area contributed by atoms with Crippen molar-refractivity contribution >= 4 is 39.0 Å². The summed E-state index contributed by atoms with van der Waals surface area (Å²) in [6, 6.07) is 7.21. The molecule has 0 fully saturated rings. The van der Waals surface area contributed by atoms with Crippen LogP contribution in [0.3, 0.4) is 0 Å². The summed E-state index contributed by atoms with van der Waals surface area (Å²) >= 11 is 1.31. The maximum Gasteiger partial charge on any atom is 0.290 e. The number of nitrogen functional groups attached to an aromatic ring is 1. The molecule has 0 bridgehead atoms. The van der Waals surface area contributed by atoms with Gasteiger partial charge in [-0.15, -0.1) is 11.3 Å². The number of hydrogen-bond donors (Lipinski definition) is 3. The Kier molecular flexibility index (Phi) is 2.49. The highest BCUT2D eigenvalue weighted by Crippen LogP contribution is 2.29. The number of nitrogens with zero attached hydrogens (tertiary/aromatic N) is 1. The highest BCUT2D eigenvalue weighted by Gasteiger charge is 2.10. The molecule has 0 saturated heterocycles. The lowest BCUT2D eigenvalue weighted by atomic mass is 10.2. The summed E-state index contributed by atoms with van der Waals surface area (Å²) in [5.74, 6) is -0.684. The third-order valence-corrected chi connectivity index (χ3v) is 3.12. The van der Waals surface area contributed by atoms with Crippen LogP contribution in [0.4, 0.5) is 5.69 Å². The molecule has 0 aliphatic carbocycles. The van der Waals surface area contributed by atoms with Gasteiger partial charge in [0.15, 0.2) is 5.96 Å². The Labute approximate surface area is 95.6 Å². The van der Waals surface area contributed by atoms with Gasteiger partial charge in [0, 0.05) is 15.8 Å². The smallest absolute Gasteiger partial charge is 0.290 e. The van der Waals surface area contributed by atoms with Crippen molar-refractivity contribution in [2.45, 2.75) is 0 Å². The molecule has 2 rings (SSSR count). The second-order valence-corrected chi connectivity index (χ2v) is 4.30. The second kappa shape index (κ2) is 3.82. The van der Waals surface area contributed by atoms with Crippen LogP contribution >= 0.6 is 11.3 Å². The molecule has 1 heterocycles. The molecule has 1 aromatic carbocycles. The van der Waals surface area contributed by atoms with Crippen molar-refractivity contribution in [2.75, 3.05) is 5.73 Å². The van der Waals surface area contributed by atoms with E-state index in [9.17, 15) is 4.79 Å². The van der Waals surface area contributed by atoms with E-state index < -0.39 is 5.91 Å². The first-order valence-electron chi connectivity index (χ1n) is 4.50. The molecule has 6 heteroatoms. The molecular weight excluding hydrogens is 224 g/mol. The summed E-state index contributed by atoms with van der Waals surface area (Å²) in [4.78, 5) is 15.5. The zero-order chi connectivity index (χ0) is 11.7. The average molecular weight is 234 g/mol. The van der Waals surface area contributed by atoms with E-state index in [-0.39, 0.29) is 5.96 Å². The van der Waals surface area contributed by atoms with Crippen molar-refractivity contribution in [1.82, 2.24) is 0 Å². The molecule has 1 aromatic heterocycles. The SMILES string of the molecule is NC(N)=NC(=O)c1cc2c(N)cccc2s1. The summed E-state index contributed by atoms with van der Waals surface area (Å²) in [6.07, 6.45) is 0. The van der Waals surface area contributed by atoms with Gasteiger partial charge in [-0.3, -0.25) is 4.79 Å². The Bertz CT molecular complexity index is 584. The Morgan fingerprint density at radius 3 is 2.69 bits per heavy atom. The molecular formula is C10H10N4OS. The van der Waals surface area contributed by atoms with Gasteiger partial charge < -0.3 is 17.2 Å². The number of guanidine groups is 1. The Balaban J connectivity index is 2.52. The van der Waals surface area contributed by atoms with Gasteiger partial charge >= 0.3 is 0 Å². The van der Waals surface area contributed by atoms with Crippen LogP contribution in [0.2, 0.25) is 0 Å². The maximum absolute atomic E-state index is 11.6. The second-order valence-electron chi connectivity index (χ2n) is 3.21. The zero-order valence-electron chi connectivity index (χ0n) is 8.31. The number of thiophene rings is 1. The normalized spacial score (nSPS) is 10.2. The Morgan fingerprint density at radius 2 is 2.06 bits per heavy atom. The lowest BCUT2D eigenvalue weighted by Crippen LogP contribution is -2.24. The van der Waals surface area contributed by atoms with Gasteiger partial charge in [-0.05, 0) is 18.2 Å². The lowest BCUT2D eigenvalue weighted by molar-refractivity contribution is 0.101. The number of carbonyl (C=O) groups excluding carboxylic acids is 1. The van der Waals surface area contributed by atoms with E-state index in [1.165, 1.54) is 11.3 Å². The molecule has 0 spiro atoms. The summed E-state index contributed by atoms with van der Waals surface area (Å²) in [7, 11) is 0. The molecule has 0 aliphatic rings. The fourth-order valence-electron chi connectivity index (χ4n) is 1.36. The van der Waals surface area contributed by atoms with Crippen molar-refractivity contribution in [2.24, 2.45) is 16.5 Å². The van der Waals surface area contributed by atoms with Crippen LogP contribution in [0.1, 0.15) is 9.67 Å². The molecule has 0 radical (unpaired) electrons. The number of carbonyl (C=O) groups is 1. The van der Waals surface area contributed by atoms with Gasteiger partial charge in [-0.1, -0.05) is 6.07 Å². The molecule has 82 valence electrons. The van der Waals surface area contributed by atoms with Gasteiger partial charge in [0.1, 0.15) is 0 Å². The number of anilines is 1. The van der Waals surface area contributed by atoms with Crippen LogP contribution < -0.4 is 17.2 Å². The van der Waals surface area contributed by atoms with E-state index in [1.54, 1.807) is 12.1 Å². The summed E-state index contributed by atoms with van der Waals surface area (Å²) < 4.78 is 0.939. The van der Waals surface area contributed by atoms with Crippen molar-refractivity contribution in [1.29, 1.82) is 0 Å². The standard InChI is InChI=1S/C10H10N4OS/c11-6-2-1-3-7-5(6)4-8(16-7)9(15)14-10(12)13/h1-4H,11H2,(H4,12,13,14,15). The number of aliphatic imine (C=N–C) groups is 1. The van der Waals surface area contributed by atoms with Crippen LogP contribution in [0, 0.1) is 0 Å². The summed E-state index contributed by atoms with van der Waals surface area (Å²) in [5.41, 5.74) is 16.7. The average Bonchev–Trinajstić information content (AvgIpc) is 2.61. The van der Waals surface area contributed by atoms with Crippen molar-refractivity contribution in [3.8, 4) is 0 Å². The maximum atomic E-state index is 11.6. The van der Waals surface area contributed by atoms with E-state index in [4.69, 9.17) is 17.2 Å². The van der Waals surface area contributed by atoms with Crippen LogP contribution in [-0.4, -0.2) is 11.9 Å². The van der Waals surface area contributed by atoms with Gasteiger partial charge in [0.2, 0.25) is 0 Å². The van der Waals surface area contributed by atoms with Gasteiger partial charge in [-0.2, -0.15) is 4.99 Å². The molecule has 6 N–H and O–H groups in total. The molecule has 0 aliphatic heterocycles. The number of amides is 1. The summed E-state index contributed by atoms with van der Waals surface area (Å²) in [6.45, 7) is 0. The molecule has 2 aromatic rings. The van der Waals surface area contributed by atoms with Crippen LogP contribution in [0.15, 0.2) is 29.3 Å². The number of benzene rings is 1. The van der Waals surface area contributed by atoms with Gasteiger partial charge in [-0.25, -0.2) is 0 Å². The largest absolute Gasteiger partial charge is 0.398 e. The van der Waals surface area contributed by atoms with Crippen LogP contribution in [0.25, 0.3) is 10.1 Å². The van der Waals surface area contributed by atoms with E-state index in [2.05, 4.69) is 4.99 Å². The first-order valence-corrected chi connectivity index (χ1v) is 5.31. The van der Waals surface area contributed by atoms with Crippen LogP contribution in [-0.2, 0) is 0 Å². The molecule has 5 nitrogen and oxygen atoms in total. The first-order chi connectivity index (χ1) is 7.58. The Morgan fingerprint density at radius 1 is 1.31 bits per heavy atom. The Hall–Kier alpha value is -2.08. The fourth-order valence-corrected chi connectivity index (χ4v) is 2.34. The predicted octanol–water partition coefficient (Wildman–Crippen LogP) is 0.897. The molecule has 16 heavy (non-hydrogen) atoms. The van der Waals surface area contributed by atoms with Crippen molar-refractivity contribution in [3.63, 3.8) is 0 Å². The predicted molar refractivity (Wildman–Crippen MR) is 66.4 cm³/mol. The van der Waals surface area contributed by atoms with Crippen molar-refractivity contribution < 1.29 is 4.79 Å². The molecule has 0 atom stereocenters. The minimum absolute atomic E-state index is 0.240. The highest BCUT2D eigenvalue weighted by molar-refractivity contribution is 7.20. The first kappa shape index (κ1) is 10.4. The minimum atomic E-state index is -0.444. The topological polar surface area (TPSA) is 107 Å². The van der Waals surface area contributed by atoms with E-state index in [0.717, 1.165) is 10.1 Å². The number of hydrogen-bond acceptors (Lipinski definition) is 3. The van der Waals surface area contributed by atoms with Crippen LogP contribution in [0.5, 0.6) is 0 Å². The monoisotopic (exact) mass is 234 g/mol. The quantitative estimate of drug-likeness (QED) is 0.387. The van der Waals surface area contributed by atoms with E-state index in [1.807, 2.05) is 12.1 Å². The van der Waals surface area contributed by atoms with Gasteiger partial charge in [0.05, 0.1) is 4.88 Å². The zero-order valence-corrected chi connectivity index (χ0v) is 9.12. The lowest BCUT2D eigenvalue weighted by Gasteiger charge is -1.92. The van der Waals surface area contributed by atoms with E-state index >= 15 is 0 Å². The number of fused-ring (bicyclic) bond motifs is 1. The summed E-state index contributed by atoms with van der Waals surface area (Å²) in [5, 5.41) is 0.849. The number of nitrogens with two attached hydrogens (primary N) is 3. The molecule has 1 amide bonds. The fraction of sp³-hybridized carbons (Fsp3) is 0. The third kappa shape index (κ3) is 1.82. The van der Waals surface area contributed by atoms with Crippen molar-refractivity contribution in [3.05, 3.63) is 29.1 Å². The molecule has 0 saturated carbocycles.